The second-order valence-corrected chi connectivity index (χ2v) is 10.5. The fraction of sp³-hybridized carbons (Fsp3) is 0.562. The molecule has 0 bridgehead atoms. The predicted molar refractivity (Wildman–Crippen MR) is 161 cm³/mol. The SMILES string of the molecule is CC1CCCCC1.CCNc1cc(C#CCN2CCOCC2)cc(Cc2c(C)cc(C)[nH]c2=O)c1C.NC=O. The molecule has 214 valence electrons. The molecule has 0 atom stereocenters. The van der Waals surface area contributed by atoms with Crippen LogP contribution in [0.1, 0.15) is 79.5 Å². The molecule has 1 aromatic heterocycles. The van der Waals surface area contributed by atoms with Gasteiger partial charge in [0.15, 0.2) is 0 Å². The molecule has 2 aromatic rings. The van der Waals surface area contributed by atoms with Gasteiger partial charge in [-0.3, -0.25) is 14.5 Å². The number of carbonyl (C=O) groups excluding carboxylic acids is 1. The third-order valence-electron chi connectivity index (χ3n) is 7.28. The van der Waals surface area contributed by atoms with Crippen molar-refractivity contribution >= 4 is 12.1 Å². The quantitative estimate of drug-likeness (QED) is 0.380. The van der Waals surface area contributed by atoms with Gasteiger partial charge in [0, 0.05) is 48.6 Å². The number of amides is 1. The van der Waals surface area contributed by atoms with E-state index in [9.17, 15) is 4.79 Å². The highest BCUT2D eigenvalue weighted by Crippen LogP contribution is 2.24. The molecule has 4 rings (SSSR count). The van der Waals surface area contributed by atoms with E-state index in [4.69, 9.17) is 9.53 Å². The number of carbonyl (C=O) groups is 1. The maximum atomic E-state index is 12.5. The van der Waals surface area contributed by atoms with E-state index in [1.54, 1.807) is 0 Å². The Bertz CT molecular complexity index is 1150. The second-order valence-electron chi connectivity index (χ2n) is 10.5. The summed E-state index contributed by atoms with van der Waals surface area (Å²) in [5.41, 5.74) is 11.3. The summed E-state index contributed by atoms with van der Waals surface area (Å²) in [6.07, 6.45) is 8.29. The van der Waals surface area contributed by atoms with Gasteiger partial charge in [0.2, 0.25) is 6.41 Å². The Hall–Kier alpha value is -3.08. The monoisotopic (exact) mass is 536 g/mol. The number of hydrogen-bond acceptors (Lipinski definition) is 5. The van der Waals surface area contributed by atoms with Crippen molar-refractivity contribution in [1.82, 2.24) is 9.88 Å². The van der Waals surface area contributed by atoms with E-state index in [1.807, 2.05) is 19.9 Å². The number of ether oxygens (including phenoxy) is 1. The van der Waals surface area contributed by atoms with E-state index < -0.39 is 0 Å². The van der Waals surface area contributed by atoms with E-state index in [1.165, 1.54) is 37.7 Å². The van der Waals surface area contributed by atoms with Crippen molar-refractivity contribution in [2.24, 2.45) is 11.7 Å². The highest BCUT2D eigenvalue weighted by atomic mass is 16.5. The lowest BCUT2D eigenvalue weighted by Crippen LogP contribution is -2.36. The van der Waals surface area contributed by atoms with Crippen LogP contribution in [0.15, 0.2) is 23.0 Å². The normalized spacial score (nSPS) is 15.5. The largest absolute Gasteiger partial charge is 0.385 e. The molecule has 0 radical (unpaired) electrons. The van der Waals surface area contributed by atoms with Crippen molar-refractivity contribution in [3.05, 3.63) is 62.1 Å². The Balaban J connectivity index is 0.000000450. The predicted octanol–water partition coefficient (Wildman–Crippen LogP) is 4.69. The molecule has 1 saturated carbocycles. The smallest absolute Gasteiger partial charge is 0.251 e. The third-order valence-corrected chi connectivity index (χ3v) is 7.28. The van der Waals surface area contributed by atoms with Crippen LogP contribution in [0.25, 0.3) is 0 Å². The van der Waals surface area contributed by atoms with Gasteiger partial charge in [-0.2, -0.15) is 0 Å². The van der Waals surface area contributed by atoms with Crippen molar-refractivity contribution in [1.29, 1.82) is 0 Å². The number of nitrogens with two attached hydrogens (primary N) is 1. The lowest BCUT2D eigenvalue weighted by molar-refractivity contribution is -0.106. The lowest BCUT2D eigenvalue weighted by atomic mass is 9.91. The molecule has 0 spiro atoms. The van der Waals surface area contributed by atoms with Gasteiger partial charge in [0.05, 0.1) is 19.8 Å². The summed E-state index contributed by atoms with van der Waals surface area (Å²) in [7, 11) is 0. The molecule has 0 unspecified atom stereocenters. The topological polar surface area (TPSA) is 100 Å². The number of primary amides is 1. The summed E-state index contributed by atoms with van der Waals surface area (Å²) < 4.78 is 5.39. The molecule has 1 saturated heterocycles. The summed E-state index contributed by atoms with van der Waals surface area (Å²) in [5.74, 6) is 7.67. The number of rotatable bonds is 5. The first kappa shape index (κ1) is 32.1. The van der Waals surface area contributed by atoms with Crippen LogP contribution in [0.3, 0.4) is 0 Å². The van der Waals surface area contributed by atoms with E-state index in [-0.39, 0.29) is 12.0 Å². The van der Waals surface area contributed by atoms with Gasteiger partial charge >= 0.3 is 0 Å². The van der Waals surface area contributed by atoms with E-state index >= 15 is 0 Å². The fourth-order valence-corrected chi connectivity index (χ4v) is 5.02. The zero-order chi connectivity index (χ0) is 28.6. The Kier molecular flexibility index (Phi) is 14.4. The average molecular weight is 537 g/mol. The van der Waals surface area contributed by atoms with Crippen molar-refractivity contribution in [3.8, 4) is 11.8 Å². The van der Waals surface area contributed by atoms with Gasteiger partial charge in [-0.05, 0) is 68.5 Å². The molecule has 2 fully saturated rings. The lowest BCUT2D eigenvalue weighted by Gasteiger charge is -2.24. The molecule has 1 aliphatic carbocycles. The number of anilines is 1. The van der Waals surface area contributed by atoms with Crippen molar-refractivity contribution in [3.63, 3.8) is 0 Å². The first-order chi connectivity index (χ1) is 18.8. The van der Waals surface area contributed by atoms with Crippen molar-refractivity contribution in [2.45, 2.75) is 73.1 Å². The van der Waals surface area contributed by atoms with Gasteiger partial charge in [-0.25, -0.2) is 0 Å². The Morgan fingerprint density at radius 2 is 1.79 bits per heavy atom. The number of nitrogens with one attached hydrogen (secondary N) is 2. The van der Waals surface area contributed by atoms with Crippen LogP contribution in [0.5, 0.6) is 0 Å². The summed E-state index contributed by atoms with van der Waals surface area (Å²) in [5, 5.41) is 3.44. The minimum absolute atomic E-state index is 0.00398. The van der Waals surface area contributed by atoms with Crippen LogP contribution in [0.2, 0.25) is 0 Å². The maximum Gasteiger partial charge on any atom is 0.251 e. The third kappa shape index (κ3) is 11.3. The van der Waals surface area contributed by atoms with E-state index in [2.05, 4.69) is 65.7 Å². The molecule has 1 aliphatic heterocycles. The van der Waals surface area contributed by atoms with Crippen LogP contribution in [0, 0.1) is 38.5 Å². The van der Waals surface area contributed by atoms with Crippen LogP contribution < -0.4 is 16.6 Å². The van der Waals surface area contributed by atoms with Crippen LogP contribution in [-0.4, -0.2) is 55.7 Å². The van der Waals surface area contributed by atoms with E-state index in [0.717, 1.165) is 78.9 Å². The molecular formula is C32H48N4O3. The van der Waals surface area contributed by atoms with Gasteiger partial charge in [-0.15, -0.1) is 0 Å². The zero-order valence-corrected chi connectivity index (χ0v) is 24.6. The molecule has 39 heavy (non-hydrogen) atoms. The van der Waals surface area contributed by atoms with Gasteiger partial charge < -0.3 is 20.8 Å². The number of aryl methyl sites for hydroxylation is 2. The Morgan fingerprint density at radius 1 is 1.13 bits per heavy atom. The minimum Gasteiger partial charge on any atom is -0.385 e. The maximum absolute atomic E-state index is 12.5. The Labute approximate surface area is 234 Å². The number of pyridine rings is 1. The number of nitrogens with zero attached hydrogens (tertiary/aromatic N) is 1. The molecule has 2 aliphatic rings. The molecule has 7 nitrogen and oxygen atoms in total. The van der Waals surface area contributed by atoms with Crippen LogP contribution >= 0.6 is 0 Å². The summed E-state index contributed by atoms with van der Waals surface area (Å²) in [6, 6.07) is 6.27. The number of H-pyrrole nitrogens is 1. The Morgan fingerprint density at radius 3 is 2.36 bits per heavy atom. The summed E-state index contributed by atoms with van der Waals surface area (Å²) in [4.78, 5) is 26.3. The molecule has 4 N–H and O–H groups in total. The van der Waals surface area contributed by atoms with Crippen molar-refractivity contribution < 1.29 is 9.53 Å². The highest BCUT2D eigenvalue weighted by Gasteiger charge is 2.12. The molecular weight excluding hydrogens is 488 g/mol. The first-order valence-electron chi connectivity index (χ1n) is 14.3. The number of aromatic nitrogens is 1. The molecule has 1 aromatic carbocycles. The zero-order valence-electron chi connectivity index (χ0n) is 24.6. The molecule has 2 heterocycles. The molecule has 7 heteroatoms. The van der Waals surface area contributed by atoms with Gasteiger partial charge in [-0.1, -0.05) is 50.9 Å². The second kappa shape index (κ2) is 17.5. The van der Waals surface area contributed by atoms with Crippen LogP contribution in [0.4, 0.5) is 5.69 Å². The number of benzene rings is 1. The minimum atomic E-state index is -0.00398. The number of hydrogen-bond donors (Lipinski definition) is 3. The van der Waals surface area contributed by atoms with Crippen molar-refractivity contribution in [2.75, 3.05) is 44.7 Å². The number of aromatic amines is 1. The van der Waals surface area contributed by atoms with Gasteiger partial charge in [0.1, 0.15) is 0 Å². The van der Waals surface area contributed by atoms with Crippen LogP contribution in [-0.2, 0) is 16.0 Å². The highest BCUT2D eigenvalue weighted by molar-refractivity contribution is 5.60. The summed E-state index contributed by atoms with van der Waals surface area (Å²) in [6.45, 7) is 15.5. The first-order valence-corrected chi connectivity index (χ1v) is 14.3. The standard InChI is InChI=1S/C24H31N3O2.C7H14.CH3NO/c1-5-25-23-15-20(7-6-8-27-9-11-29-12-10-27)14-21(19(23)4)16-22-17(2)13-18(3)26-24(22)28;1-7-5-3-2-4-6-7;2-1-3/h13-15,25H,5,8-12,16H2,1-4H3,(H,26,28);7H,2-6H2,1H3;1H,(H2,2,3). The summed E-state index contributed by atoms with van der Waals surface area (Å²) >= 11 is 0. The van der Waals surface area contributed by atoms with E-state index in [0.29, 0.717) is 6.42 Å². The fourth-order valence-electron chi connectivity index (χ4n) is 5.02. The molecule has 1 amide bonds. The van der Waals surface area contributed by atoms with Gasteiger partial charge in [0.25, 0.3) is 5.56 Å². The number of morpholine rings is 1. The average Bonchev–Trinajstić information content (AvgIpc) is 2.90.